The third-order valence-electron chi connectivity index (χ3n) is 17.9. The summed E-state index contributed by atoms with van der Waals surface area (Å²) < 4.78 is 18.9. The number of aliphatic hydroxyl groups is 3. The molecule has 2 saturated heterocycles. The molecule has 7 aliphatic rings. The molecule has 5 aliphatic carbocycles. The highest BCUT2D eigenvalue weighted by atomic mass is 16.7. The van der Waals surface area contributed by atoms with Gasteiger partial charge in [0.05, 0.1) is 37.1 Å². The number of piperidine rings is 1. The molecule has 52 heavy (non-hydrogen) atoms. The van der Waals surface area contributed by atoms with Gasteiger partial charge in [-0.3, -0.25) is 4.79 Å². The van der Waals surface area contributed by atoms with Crippen LogP contribution in [-0.4, -0.2) is 114 Å². The van der Waals surface area contributed by atoms with Crippen molar-refractivity contribution in [2.75, 3.05) is 46.9 Å². The van der Waals surface area contributed by atoms with Crippen LogP contribution in [0.5, 0.6) is 0 Å². The molecule has 0 aromatic heterocycles. The van der Waals surface area contributed by atoms with Gasteiger partial charge < -0.3 is 39.3 Å². The highest BCUT2D eigenvalue weighted by Crippen LogP contribution is 2.89. The molecule has 7 fully saturated rings. The van der Waals surface area contributed by atoms with Crippen LogP contribution < -0.4 is 0 Å². The first-order valence-electron chi connectivity index (χ1n) is 21.2. The van der Waals surface area contributed by atoms with Gasteiger partial charge in [0.15, 0.2) is 6.29 Å². The van der Waals surface area contributed by atoms with Crippen LogP contribution in [0.25, 0.3) is 0 Å². The molecule has 13 atom stereocenters. The summed E-state index contributed by atoms with van der Waals surface area (Å²) in [6.45, 7) is 19.3. The lowest BCUT2D eigenvalue weighted by molar-refractivity contribution is -0.248. The number of hydrogen-bond donors (Lipinski definition) is 3. The average molecular weight is 731 g/mol. The van der Waals surface area contributed by atoms with Gasteiger partial charge in [0.25, 0.3) is 0 Å². The summed E-state index contributed by atoms with van der Waals surface area (Å²) in [6, 6.07) is 0. The van der Waals surface area contributed by atoms with E-state index in [1.165, 1.54) is 25.7 Å². The lowest BCUT2D eigenvalue weighted by Gasteiger charge is -2.64. The minimum absolute atomic E-state index is 0.0000298. The molecule has 0 radical (unpaired) electrons. The van der Waals surface area contributed by atoms with Crippen LogP contribution in [0, 0.1) is 56.7 Å². The predicted molar refractivity (Wildman–Crippen MR) is 201 cm³/mol. The number of amides is 1. The summed E-state index contributed by atoms with van der Waals surface area (Å²) in [5.74, 6) is 2.41. The number of rotatable bonds is 10. The average Bonchev–Trinajstić information content (AvgIpc) is 3.71. The Bertz CT molecular complexity index is 1310. The van der Waals surface area contributed by atoms with E-state index in [-0.39, 0.29) is 52.0 Å². The topological polar surface area (TPSA) is 112 Å². The maximum Gasteiger partial charge on any atom is 0.223 e. The number of likely N-dealkylation sites (tertiary alicyclic amines) is 1. The normalized spacial score (nSPS) is 45.3. The van der Waals surface area contributed by atoms with E-state index in [0.29, 0.717) is 61.6 Å². The smallest absolute Gasteiger partial charge is 0.223 e. The largest absolute Gasteiger partial charge is 0.393 e. The molecule has 5 saturated carbocycles. The maximum absolute atomic E-state index is 13.4. The first-order valence-corrected chi connectivity index (χ1v) is 21.2. The summed E-state index contributed by atoms with van der Waals surface area (Å²) in [7, 11) is 3.80. The Labute approximate surface area is 314 Å². The van der Waals surface area contributed by atoms with E-state index >= 15 is 0 Å². The van der Waals surface area contributed by atoms with E-state index in [1.54, 1.807) is 21.0 Å². The minimum atomic E-state index is -1.24. The molecule has 2 spiro atoms. The van der Waals surface area contributed by atoms with E-state index in [0.717, 1.165) is 51.6 Å². The van der Waals surface area contributed by atoms with E-state index in [4.69, 9.17) is 14.2 Å². The standard InChI is InChI=1S/C43H74N2O7/c1-27(22-30(50-9)37(48)39(4,5)49)29-24-33(46)41(7)32-11-10-31-38(2,3)34(12-15-42(31)26-43(32,42)17-16-40(29,41)6)52-36-25-45(20-21-51-36)35(47)23-28-13-18-44(8)19-14-28/h27-34,36-37,46,48-49H,10-26H2,1-9H3/t27-,29-,30?,31+,32?,33+,34?,36+,37?,40?,41-,42?,43?/m1/s1. The van der Waals surface area contributed by atoms with Gasteiger partial charge in [-0.1, -0.05) is 34.6 Å². The van der Waals surface area contributed by atoms with Crippen LogP contribution in [0.4, 0.5) is 0 Å². The zero-order valence-electron chi connectivity index (χ0n) is 34.2. The minimum Gasteiger partial charge on any atom is -0.393 e. The number of carbonyl (C=O) groups is 1. The first kappa shape index (κ1) is 39.4. The number of ether oxygens (including phenoxy) is 3. The first-order chi connectivity index (χ1) is 24.3. The van der Waals surface area contributed by atoms with Crippen LogP contribution >= 0.6 is 0 Å². The lowest BCUT2D eigenvalue weighted by atomic mass is 9.41. The Morgan fingerprint density at radius 1 is 0.981 bits per heavy atom. The van der Waals surface area contributed by atoms with Crippen molar-refractivity contribution in [3.8, 4) is 0 Å². The van der Waals surface area contributed by atoms with E-state index in [9.17, 15) is 20.1 Å². The van der Waals surface area contributed by atoms with Crippen LogP contribution in [-0.2, 0) is 19.0 Å². The Morgan fingerprint density at radius 3 is 2.33 bits per heavy atom. The van der Waals surface area contributed by atoms with E-state index in [1.807, 2.05) is 4.90 Å². The van der Waals surface area contributed by atoms with E-state index < -0.39 is 17.8 Å². The molecule has 9 nitrogen and oxygen atoms in total. The quantitative estimate of drug-likeness (QED) is 0.256. The highest BCUT2D eigenvalue weighted by Gasteiger charge is 2.83. The van der Waals surface area contributed by atoms with Crippen molar-refractivity contribution in [2.45, 2.75) is 162 Å². The Morgan fingerprint density at radius 2 is 1.65 bits per heavy atom. The van der Waals surface area contributed by atoms with Gasteiger partial charge in [-0.2, -0.15) is 0 Å². The molecular formula is C43H74N2O7. The lowest BCUT2D eigenvalue weighted by Crippen LogP contribution is -2.60. The van der Waals surface area contributed by atoms with Crippen LogP contribution in [0.1, 0.15) is 126 Å². The molecule has 7 unspecified atom stereocenters. The molecule has 7 rings (SSSR count). The summed E-state index contributed by atoms with van der Waals surface area (Å²) in [5.41, 5.74) is -0.796. The molecule has 3 N–H and O–H groups in total. The van der Waals surface area contributed by atoms with Crippen molar-refractivity contribution in [3.63, 3.8) is 0 Å². The zero-order valence-corrected chi connectivity index (χ0v) is 34.2. The van der Waals surface area contributed by atoms with Gasteiger partial charge in [-0.05, 0) is 156 Å². The predicted octanol–water partition coefficient (Wildman–Crippen LogP) is 5.87. The Hall–Kier alpha value is -0.810. The van der Waals surface area contributed by atoms with Crippen LogP contribution in [0.2, 0.25) is 0 Å². The second kappa shape index (κ2) is 13.7. The Kier molecular flexibility index (Phi) is 10.4. The molecule has 2 aliphatic heterocycles. The van der Waals surface area contributed by atoms with Gasteiger partial charge >= 0.3 is 0 Å². The number of morpholine rings is 1. The van der Waals surface area contributed by atoms with Crippen molar-refractivity contribution >= 4 is 5.91 Å². The molecule has 2 heterocycles. The zero-order chi connectivity index (χ0) is 37.6. The van der Waals surface area contributed by atoms with Crippen molar-refractivity contribution in [1.29, 1.82) is 0 Å². The molecular weight excluding hydrogens is 656 g/mol. The maximum atomic E-state index is 13.4. The molecule has 298 valence electrons. The van der Waals surface area contributed by atoms with Crippen molar-refractivity contribution in [2.24, 2.45) is 56.7 Å². The highest BCUT2D eigenvalue weighted by molar-refractivity contribution is 5.76. The molecule has 1 amide bonds. The van der Waals surface area contributed by atoms with Gasteiger partial charge in [-0.15, -0.1) is 0 Å². The fourth-order valence-corrected chi connectivity index (χ4v) is 14.6. The van der Waals surface area contributed by atoms with Crippen molar-refractivity contribution < 1.29 is 34.3 Å². The third-order valence-corrected chi connectivity index (χ3v) is 17.9. The fourth-order valence-electron chi connectivity index (χ4n) is 14.6. The monoisotopic (exact) mass is 731 g/mol. The van der Waals surface area contributed by atoms with Crippen molar-refractivity contribution in [1.82, 2.24) is 9.80 Å². The Balaban J connectivity index is 1.02. The summed E-state index contributed by atoms with van der Waals surface area (Å²) in [4.78, 5) is 17.7. The number of carbonyl (C=O) groups excluding carboxylic acids is 1. The molecule has 0 bridgehead atoms. The van der Waals surface area contributed by atoms with E-state index in [2.05, 4.69) is 46.6 Å². The third kappa shape index (κ3) is 6.07. The van der Waals surface area contributed by atoms with Crippen LogP contribution in [0.3, 0.4) is 0 Å². The SMILES string of the molecule is COC(C[C@@H](C)[C@H]1C[C@H](O)[C@@]2(C)C3CC[C@H]4C(C)(C)C(O[C@H]5CN(C(=O)CC6CCN(C)CC6)CCO5)CCC45CC35CCC12C)C(O)C(C)(C)O. The fraction of sp³-hybridized carbons (Fsp3) is 0.977. The molecule has 0 aromatic rings. The summed E-state index contributed by atoms with van der Waals surface area (Å²) in [6.07, 6.45) is 10.5. The number of hydrogen-bond acceptors (Lipinski definition) is 8. The number of aliphatic hydroxyl groups excluding tert-OH is 2. The summed E-state index contributed by atoms with van der Waals surface area (Å²) in [5, 5.41) is 33.7. The molecule has 0 aromatic carbocycles. The molecule has 9 heteroatoms. The van der Waals surface area contributed by atoms with Gasteiger partial charge in [-0.25, -0.2) is 0 Å². The van der Waals surface area contributed by atoms with Crippen LogP contribution in [0.15, 0.2) is 0 Å². The number of nitrogens with zero attached hydrogens (tertiary/aromatic N) is 2. The number of methoxy groups -OCH3 is 1. The van der Waals surface area contributed by atoms with Gasteiger partial charge in [0.2, 0.25) is 5.91 Å². The second-order valence-electron chi connectivity index (χ2n) is 20.9. The van der Waals surface area contributed by atoms with Crippen molar-refractivity contribution in [3.05, 3.63) is 0 Å². The summed E-state index contributed by atoms with van der Waals surface area (Å²) >= 11 is 0. The van der Waals surface area contributed by atoms with Gasteiger partial charge in [0.1, 0.15) is 6.10 Å². The van der Waals surface area contributed by atoms with Gasteiger partial charge in [0, 0.05) is 25.5 Å². The number of fused-ring (bicyclic) bond motifs is 2. The second-order valence-corrected chi connectivity index (χ2v) is 20.9.